The Kier molecular flexibility index (Phi) is 5.09. The molecule has 0 aliphatic carbocycles. The molecule has 1 N–H and O–H groups in total. The van der Waals surface area contributed by atoms with Crippen LogP contribution in [0.2, 0.25) is 0 Å². The zero-order valence-electron chi connectivity index (χ0n) is 6.91. The van der Waals surface area contributed by atoms with Gasteiger partial charge in [-0.2, -0.15) is 26.3 Å². The van der Waals surface area contributed by atoms with Crippen LogP contribution in [0.15, 0.2) is 0 Å². The fourth-order valence-electron chi connectivity index (χ4n) is 0.790. The second-order valence-corrected chi connectivity index (χ2v) is 4.36. The van der Waals surface area contributed by atoms with Crippen LogP contribution in [-0.2, 0) is 0 Å². The van der Waals surface area contributed by atoms with Gasteiger partial charge in [-0.3, -0.25) is 0 Å². The van der Waals surface area contributed by atoms with Crippen LogP contribution in [0.3, 0.4) is 0 Å². The summed E-state index contributed by atoms with van der Waals surface area (Å²) in [5.74, 6) is -3.61. The van der Waals surface area contributed by atoms with Gasteiger partial charge in [0, 0.05) is 0 Å². The van der Waals surface area contributed by atoms with Crippen molar-refractivity contribution in [2.75, 3.05) is 0 Å². The van der Waals surface area contributed by atoms with Crippen LogP contribution in [0.1, 0.15) is 6.42 Å². The van der Waals surface area contributed by atoms with Crippen molar-refractivity contribution in [2.45, 2.75) is 29.1 Å². The second kappa shape index (κ2) is 5.02. The molecule has 9 heteroatoms. The maximum atomic E-state index is 12.0. The molecular formula is C6H6F7IO. The molecule has 92 valence electrons. The topological polar surface area (TPSA) is 20.2 Å². The highest BCUT2D eigenvalue weighted by Crippen LogP contribution is 2.43. The van der Waals surface area contributed by atoms with E-state index in [0.717, 1.165) is 22.6 Å². The summed E-state index contributed by atoms with van der Waals surface area (Å²) >= 11 is 1.00. The summed E-state index contributed by atoms with van der Waals surface area (Å²) in [5, 5.41) is 8.19. The average Bonchev–Trinajstić information content (AvgIpc) is 1.94. The second-order valence-electron chi connectivity index (χ2n) is 2.76. The lowest BCUT2D eigenvalue weighted by atomic mass is 10.0. The molecule has 0 bridgehead atoms. The highest BCUT2D eigenvalue weighted by molar-refractivity contribution is 14.1. The summed E-state index contributed by atoms with van der Waals surface area (Å²) < 4.78 is 81.8. The maximum absolute atomic E-state index is 12.0. The van der Waals surface area contributed by atoms with Gasteiger partial charge in [0.15, 0.2) is 5.92 Å². The van der Waals surface area contributed by atoms with Gasteiger partial charge < -0.3 is 5.11 Å². The molecule has 2 unspecified atom stereocenters. The molecular weight excluding hydrogens is 348 g/mol. The average molecular weight is 354 g/mol. The Morgan fingerprint density at radius 2 is 1.33 bits per heavy atom. The maximum Gasteiger partial charge on any atom is 0.400 e. The van der Waals surface area contributed by atoms with E-state index in [2.05, 4.69) is 0 Å². The van der Waals surface area contributed by atoms with E-state index >= 15 is 0 Å². The molecule has 0 aromatic heterocycles. The van der Waals surface area contributed by atoms with Gasteiger partial charge in [0.1, 0.15) is 0 Å². The summed E-state index contributed by atoms with van der Waals surface area (Å²) in [4.78, 5) is 0. The zero-order valence-corrected chi connectivity index (χ0v) is 9.07. The van der Waals surface area contributed by atoms with Crippen molar-refractivity contribution < 1.29 is 35.8 Å². The molecule has 0 aromatic carbocycles. The highest BCUT2D eigenvalue weighted by atomic mass is 127. The van der Waals surface area contributed by atoms with Crippen molar-refractivity contribution in [2.24, 2.45) is 5.92 Å². The molecule has 0 saturated heterocycles. The van der Waals surface area contributed by atoms with Crippen LogP contribution < -0.4 is 0 Å². The first kappa shape index (κ1) is 15.2. The van der Waals surface area contributed by atoms with Crippen molar-refractivity contribution >= 4 is 22.6 Å². The van der Waals surface area contributed by atoms with E-state index in [1.54, 1.807) is 0 Å². The van der Waals surface area contributed by atoms with Crippen LogP contribution >= 0.6 is 22.6 Å². The van der Waals surface area contributed by atoms with E-state index in [1.807, 2.05) is 0 Å². The lowest BCUT2D eigenvalue weighted by Crippen LogP contribution is -2.39. The molecule has 2 atom stereocenters. The third-order valence-electron chi connectivity index (χ3n) is 1.55. The van der Waals surface area contributed by atoms with Gasteiger partial charge in [-0.05, 0) is 6.42 Å². The monoisotopic (exact) mass is 354 g/mol. The molecule has 0 rings (SSSR count). The molecule has 0 amide bonds. The number of hydrogen-bond acceptors (Lipinski definition) is 1. The predicted octanol–water partition coefficient (Wildman–Crippen LogP) is 3.21. The van der Waals surface area contributed by atoms with Crippen LogP contribution in [0.5, 0.6) is 0 Å². The first-order chi connectivity index (χ1) is 6.46. The molecule has 0 heterocycles. The third-order valence-corrected chi connectivity index (χ3v) is 2.65. The van der Waals surface area contributed by atoms with E-state index in [9.17, 15) is 30.7 Å². The Morgan fingerprint density at radius 1 is 1.00 bits per heavy atom. The summed E-state index contributed by atoms with van der Waals surface area (Å²) in [5.41, 5.74) is 0. The van der Waals surface area contributed by atoms with E-state index < -0.39 is 35.0 Å². The van der Waals surface area contributed by atoms with Crippen LogP contribution in [0.4, 0.5) is 30.7 Å². The quantitative estimate of drug-likeness (QED) is 0.469. The lowest BCUT2D eigenvalue weighted by Gasteiger charge is -2.24. The molecule has 0 aliphatic rings. The van der Waals surface area contributed by atoms with Crippen molar-refractivity contribution in [3.8, 4) is 0 Å². The lowest BCUT2D eigenvalue weighted by molar-refractivity contribution is -0.286. The van der Waals surface area contributed by atoms with Gasteiger partial charge in [0.2, 0.25) is 6.36 Å². The number of rotatable bonds is 3. The first-order valence-corrected chi connectivity index (χ1v) is 4.80. The SMILES string of the molecule is OC(F)C(I)CC(C(F)(F)F)C(F)(F)F. The Bertz CT molecular complexity index is 185. The predicted molar refractivity (Wildman–Crippen MR) is 45.1 cm³/mol. The number of alkyl halides is 8. The van der Waals surface area contributed by atoms with E-state index in [-0.39, 0.29) is 0 Å². The summed E-state index contributed by atoms with van der Waals surface area (Å²) in [6.07, 6.45) is -15.2. The summed E-state index contributed by atoms with van der Waals surface area (Å²) in [7, 11) is 0. The zero-order chi connectivity index (χ0) is 12.4. The number of halogens is 8. The first-order valence-electron chi connectivity index (χ1n) is 3.56. The van der Waals surface area contributed by atoms with E-state index in [0.29, 0.717) is 0 Å². The van der Waals surface area contributed by atoms with E-state index in [4.69, 9.17) is 5.11 Å². The fraction of sp³-hybridized carbons (Fsp3) is 1.00. The molecule has 0 aromatic rings. The van der Waals surface area contributed by atoms with Crippen LogP contribution in [-0.4, -0.2) is 27.7 Å². The minimum atomic E-state index is -5.49. The minimum Gasteiger partial charge on any atom is -0.363 e. The van der Waals surface area contributed by atoms with Gasteiger partial charge in [-0.15, -0.1) is 0 Å². The highest BCUT2D eigenvalue weighted by Gasteiger charge is 2.57. The van der Waals surface area contributed by atoms with Gasteiger partial charge in [0.25, 0.3) is 0 Å². The Morgan fingerprint density at radius 3 is 1.53 bits per heavy atom. The van der Waals surface area contributed by atoms with Crippen LogP contribution in [0, 0.1) is 5.92 Å². The standard InChI is InChI=1S/C6H6F7IO/c7-4(15)2(14)1-3(5(8,9)10)6(11,12)13/h2-4,15H,1H2. The minimum absolute atomic E-state index is 1.00. The third kappa shape index (κ3) is 5.18. The van der Waals surface area contributed by atoms with Crippen molar-refractivity contribution in [1.82, 2.24) is 0 Å². The van der Waals surface area contributed by atoms with Crippen LogP contribution in [0.25, 0.3) is 0 Å². The fourth-order valence-corrected chi connectivity index (χ4v) is 1.30. The summed E-state index contributed by atoms with van der Waals surface area (Å²) in [6.45, 7) is 0. The van der Waals surface area contributed by atoms with Gasteiger partial charge in [-0.1, -0.05) is 22.6 Å². The number of hydrogen-bond donors (Lipinski definition) is 1. The molecule has 1 nitrogen and oxygen atoms in total. The Balaban J connectivity index is 4.69. The van der Waals surface area contributed by atoms with Gasteiger partial charge in [-0.25, -0.2) is 4.39 Å². The number of aliphatic hydroxyl groups is 1. The Hall–Kier alpha value is 0.200. The molecule has 0 aliphatic heterocycles. The normalized spacial score (nSPS) is 18.0. The van der Waals surface area contributed by atoms with Crippen molar-refractivity contribution in [1.29, 1.82) is 0 Å². The summed E-state index contributed by atoms with van der Waals surface area (Å²) in [6, 6.07) is 0. The number of aliphatic hydroxyl groups excluding tert-OH is 1. The molecule has 15 heavy (non-hydrogen) atoms. The van der Waals surface area contributed by atoms with Gasteiger partial charge in [0.05, 0.1) is 3.92 Å². The molecule has 0 fully saturated rings. The largest absolute Gasteiger partial charge is 0.400 e. The van der Waals surface area contributed by atoms with Gasteiger partial charge >= 0.3 is 12.4 Å². The Labute approximate surface area is 93.8 Å². The van der Waals surface area contributed by atoms with E-state index in [1.165, 1.54) is 0 Å². The molecule has 0 spiro atoms. The smallest absolute Gasteiger partial charge is 0.363 e. The van der Waals surface area contributed by atoms with Crippen molar-refractivity contribution in [3.05, 3.63) is 0 Å². The molecule has 0 radical (unpaired) electrons. The van der Waals surface area contributed by atoms with Crippen molar-refractivity contribution in [3.63, 3.8) is 0 Å². The molecule has 0 saturated carbocycles.